The van der Waals surface area contributed by atoms with Gasteiger partial charge >= 0.3 is 17.9 Å². The molecule has 11 aliphatic rings. The van der Waals surface area contributed by atoms with Crippen LogP contribution in [0.25, 0.3) is 0 Å². The Kier molecular flexibility index (Phi) is 23.4. The van der Waals surface area contributed by atoms with Gasteiger partial charge in [0.25, 0.3) is 0 Å². The van der Waals surface area contributed by atoms with E-state index in [1.54, 1.807) is 19.9 Å². The summed E-state index contributed by atoms with van der Waals surface area (Å²) in [6.45, 7) is 18.6. The van der Waals surface area contributed by atoms with Crippen LogP contribution in [0, 0.1) is 50.2 Å². The Morgan fingerprint density at radius 1 is 0.538 bits per heavy atom. The molecular formula is C74H112O32. The highest BCUT2D eigenvalue weighted by Gasteiger charge is 2.86. The summed E-state index contributed by atoms with van der Waals surface area (Å²) in [7, 11) is 0. The van der Waals surface area contributed by atoms with Crippen LogP contribution >= 0.6 is 0 Å². The molecule has 16 N–H and O–H groups in total. The Bertz CT molecular complexity index is 3290. The number of hydrogen-bond donors (Lipinski definition) is 16. The highest BCUT2D eigenvalue weighted by molar-refractivity contribution is 5.88. The van der Waals surface area contributed by atoms with Crippen LogP contribution in [0.15, 0.2) is 42.0 Å². The number of carbonyl (C=O) groups is 3. The SMILES string of the molecule is C/C=C(/C)C(=O)O[C@H]1[C@H](OC(=O)CCc2ccccc2)[C@@]23C(CC1(C)C)[C@]1(CC[C@@H]4[C@@]5(C)CC[C@H](O[C@@H]6O[C@H](C(=O)O)[C@@H](O)[C@H](O[C@@H]7O[C@H](CO)[C@H](O)[C@H](O)[C@H]7O[C@@H]7O[C@@H](C)[C@H](O)[C@@H](O)[C@H]7O[C@@H]7O[C@@H](C)[C@H](O)[C@@H](O)[C@H]7O)[C@H]6O[C@@H]6O[C@H](CO)[C@H](O)[C@H](O)[C@H]6O)C(C)(C)C5CC[C@@]4(C)[C@]1(C)C[C@H]2O)O[C@@H]3O. The number of carbonyl (C=O) groups excluding carboxylic acids is 2. The van der Waals surface area contributed by atoms with E-state index in [2.05, 4.69) is 20.8 Å². The maximum atomic E-state index is 14.4. The lowest BCUT2D eigenvalue weighted by Gasteiger charge is -2.75. The molecular weight excluding hydrogens is 1400 g/mol. The number of aryl methyl sites for hydroxylation is 1. The fraction of sp³-hybridized carbons (Fsp3) is 0.851. The third-order valence-corrected chi connectivity index (χ3v) is 27.5. The number of aliphatic hydroxyl groups excluding tert-OH is 15. The quantitative estimate of drug-likeness (QED) is 0.0429. The van der Waals surface area contributed by atoms with Gasteiger partial charge in [-0.25, -0.2) is 9.59 Å². The van der Waals surface area contributed by atoms with E-state index >= 15 is 0 Å². The molecule has 2 unspecified atom stereocenters. The number of aliphatic hydroxyl groups is 15. The van der Waals surface area contributed by atoms with Crippen LogP contribution in [0.5, 0.6) is 0 Å². The Hall–Kier alpha value is -3.67. The Balaban J connectivity index is 0.852. The number of esters is 2. The summed E-state index contributed by atoms with van der Waals surface area (Å²) in [6.07, 6.45) is -49.6. The first-order chi connectivity index (χ1) is 49.7. The van der Waals surface area contributed by atoms with Crippen molar-refractivity contribution in [2.75, 3.05) is 13.2 Å². The summed E-state index contributed by atoms with van der Waals surface area (Å²) in [5.74, 6) is -3.96. The molecule has 6 aliphatic heterocycles. The van der Waals surface area contributed by atoms with Gasteiger partial charge in [-0.1, -0.05) is 84.9 Å². The van der Waals surface area contributed by atoms with Crippen LogP contribution in [0.1, 0.15) is 140 Å². The molecule has 32 nitrogen and oxygen atoms in total. The van der Waals surface area contributed by atoms with Gasteiger partial charge in [-0.05, 0) is 119 Å². The Morgan fingerprint density at radius 2 is 1.07 bits per heavy atom. The van der Waals surface area contributed by atoms with Gasteiger partial charge in [-0.15, -0.1) is 0 Å². The summed E-state index contributed by atoms with van der Waals surface area (Å²) in [5, 5.41) is 183. The summed E-state index contributed by atoms with van der Waals surface area (Å²) in [4.78, 5) is 41.8. The van der Waals surface area contributed by atoms with Crippen molar-refractivity contribution in [3.05, 3.63) is 47.5 Å². The topological polar surface area (TPSA) is 495 Å². The van der Waals surface area contributed by atoms with Crippen LogP contribution in [0.2, 0.25) is 0 Å². The molecule has 106 heavy (non-hydrogen) atoms. The van der Waals surface area contributed by atoms with Gasteiger partial charge in [0.2, 0.25) is 0 Å². The van der Waals surface area contributed by atoms with Crippen molar-refractivity contribution in [3.63, 3.8) is 0 Å². The second kappa shape index (κ2) is 30.3. The van der Waals surface area contributed by atoms with E-state index in [0.717, 1.165) is 5.56 Å². The van der Waals surface area contributed by atoms with E-state index in [9.17, 15) is 96.1 Å². The number of rotatable bonds is 19. The molecule has 11 fully saturated rings. The first-order valence-electron chi connectivity index (χ1n) is 37.3. The van der Waals surface area contributed by atoms with Crippen LogP contribution in [0.3, 0.4) is 0 Å². The predicted octanol–water partition coefficient (Wildman–Crippen LogP) is -1.42. The van der Waals surface area contributed by atoms with Gasteiger partial charge in [0.15, 0.2) is 49.9 Å². The van der Waals surface area contributed by atoms with E-state index in [-0.39, 0.29) is 31.1 Å². The normalized spacial score (nSPS) is 51.2. The average Bonchev–Trinajstić information content (AvgIpc) is 1.39. The number of fused-ring (bicyclic) bond motifs is 4. The molecule has 5 aliphatic carbocycles. The maximum Gasteiger partial charge on any atom is 0.335 e. The number of aliphatic carboxylic acids is 1. The van der Waals surface area contributed by atoms with E-state index in [1.807, 2.05) is 58.0 Å². The zero-order chi connectivity index (χ0) is 77.4. The van der Waals surface area contributed by atoms with Gasteiger partial charge < -0.3 is 143 Å². The molecule has 2 bridgehead atoms. The van der Waals surface area contributed by atoms with Crippen molar-refractivity contribution in [1.82, 2.24) is 0 Å². The highest BCUT2D eigenvalue weighted by Crippen LogP contribution is 2.82. The molecule has 1 aromatic carbocycles. The lowest BCUT2D eigenvalue weighted by atomic mass is 9.30. The lowest BCUT2D eigenvalue weighted by Crippen LogP contribution is -2.77. The third-order valence-electron chi connectivity index (χ3n) is 27.5. The molecule has 6 saturated heterocycles. The zero-order valence-corrected chi connectivity index (χ0v) is 61.7. The molecule has 0 aromatic heterocycles. The molecule has 38 atom stereocenters. The molecule has 1 aromatic rings. The van der Waals surface area contributed by atoms with E-state index < -0.39 is 259 Å². The van der Waals surface area contributed by atoms with Crippen molar-refractivity contribution in [2.24, 2.45) is 50.2 Å². The minimum Gasteiger partial charge on any atom is -0.479 e. The first-order valence-corrected chi connectivity index (χ1v) is 37.3. The van der Waals surface area contributed by atoms with Crippen LogP contribution in [0.4, 0.5) is 0 Å². The average molecular weight is 1510 g/mol. The number of ether oxygens (including phenoxy) is 13. The predicted molar refractivity (Wildman–Crippen MR) is 358 cm³/mol. The number of hydrogen-bond acceptors (Lipinski definition) is 31. The molecule has 32 heteroatoms. The van der Waals surface area contributed by atoms with Crippen molar-refractivity contribution in [3.8, 4) is 0 Å². The summed E-state index contributed by atoms with van der Waals surface area (Å²) in [5.41, 5.74) is -5.42. The van der Waals surface area contributed by atoms with Gasteiger partial charge in [0.1, 0.15) is 110 Å². The molecule has 0 radical (unpaired) electrons. The van der Waals surface area contributed by atoms with Gasteiger partial charge in [-0.2, -0.15) is 0 Å². The van der Waals surface area contributed by atoms with E-state index in [4.69, 9.17) is 61.6 Å². The number of allylic oxidation sites excluding steroid dienone is 1. The van der Waals surface area contributed by atoms with Crippen molar-refractivity contribution in [2.45, 2.75) is 330 Å². The fourth-order valence-corrected chi connectivity index (χ4v) is 21.3. The Labute approximate surface area is 614 Å². The monoisotopic (exact) mass is 1510 g/mol. The van der Waals surface area contributed by atoms with E-state index in [0.29, 0.717) is 50.5 Å². The first kappa shape index (κ1) is 81.8. The fourth-order valence-electron chi connectivity index (χ4n) is 21.3. The van der Waals surface area contributed by atoms with Crippen LogP contribution < -0.4 is 0 Å². The number of benzene rings is 1. The van der Waals surface area contributed by atoms with E-state index in [1.165, 1.54) is 13.8 Å². The molecule has 6 heterocycles. The van der Waals surface area contributed by atoms with Crippen molar-refractivity contribution < 1.29 is 158 Å². The van der Waals surface area contributed by atoms with Gasteiger partial charge in [0, 0.05) is 28.7 Å². The number of carboxylic acids is 1. The summed E-state index contributed by atoms with van der Waals surface area (Å²) >= 11 is 0. The molecule has 1 spiro atoms. The van der Waals surface area contributed by atoms with Crippen LogP contribution in [-0.2, 0) is 82.4 Å². The lowest BCUT2D eigenvalue weighted by molar-refractivity contribution is -0.412. The van der Waals surface area contributed by atoms with Crippen LogP contribution in [-0.4, -0.2) is 303 Å². The second-order valence-corrected chi connectivity index (χ2v) is 33.9. The summed E-state index contributed by atoms with van der Waals surface area (Å²) in [6, 6.07) is 9.41. The molecule has 5 saturated carbocycles. The second-order valence-electron chi connectivity index (χ2n) is 33.9. The minimum atomic E-state index is -2.37. The minimum absolute atomic E-state index is 0.0414. The van der Waals surface area contributed by atoms with Crippen molar-refractivity contribution in [1.29, 1.82) is 0 Å². The largest absolute Gasteiger partial charge is 0.479 e. The zero-order valence-electron chi connectivity index (χ0n) is 61.7. The van der Waals surface area contributed by atoms with Gasteiger partial charge in [0.05, 0.1) is 48.6 Å². The molecule has 600 valence electrons. The highest BCUT2D eigenvalue weighted by atomic mass is 16.8. The third kappa shape index (κ3) is 13.3. The smallest absolute Gasteiger partial charge is 0.335 e. The molecule has 0 amide bonds. The summed E-state index contributed by atoms with van der Waals surface area (Å²) < 4.78 is 82.3. The number of carboxylic acid groups (broad SMARTS) is 1. The standard InChI is InChI=1S/C74H112O32/c1-12-30(2)61(92)105-58-59(99-41(78)19-18-33-16-14-13-15-17-33)74-38(26-68(58,5)6)73(106-67(74)93)25-21-37-70(9)23-22-40(69(7,8)36(70)20-24-71(37,10)72(73,11)27-39(74)77)98-66-57(104-63-51(88)47(84)44(81)34(28-75)96-63)53(52(89)54(101-66)60(90)91)100-65-56(49(86)45(82)35(29-76)97-65)103-64-55(48(85)43(80)32(4)95-64)102-62-50(87)46(83)42(79)31(3)94-62/h12-17,31-32,34-40,42-59,62-67,75-77,79-89,93H,18-29H2,1-11H3,(H,90,91)/b30-12-/t31-,32-,34+,35+,36?,37+,38?,39+,40-,42-,43-,44-,45-,46+,47-,48+,49-,50+,51+,52-,53-,54-,55+,56+,57+,58-,59-,62-,63-,64-,65-,66+,67-,70-,71+,72-,73-,74+/m0/s1. The van der Waals surface area contributed by atoms with Crippen molar-refractivity contribution >= 4 is 17.9 Å². The molecule has 12 rings (SSSR count). The Morgan fingerprint density at radius 3 is 1.69 bits per heavy atom. The maximum absolute atomic E-state index is 14.4. The van der Waals surface area contributed by atoms with Gasteiger partial charge in [-0.3, -0.25) is 4.79 Å².